The minimum absolute atomic E-state index is 0.0108. The van der Waals surface area contributed by atoms with Gasteiger partial charge in [0.1, 0.15) is 5.82 Å². The van der Waals surface area contributed by atoms with E-state index in [-0.39, 0.29) is 16.0 Å². The fraction of sp³-hybridized carbons (Fsp3) is 0.462. The fourth-order valence-corrected chi connectivity index (χ4v) is 3.72. The van der Waals surface area contributed by atoms with Gasteiger partial charge in [0.05, 0.1) is 10.8 Å². The maximum absolute atomic E-state index is 13.2. The molecule has 1 rings (SSSR count). The van der Waals surface area contributed by atoms with Gasteiger partial charge in [-0.2, -0.15) is 0 Å². The quantitative estimate of drug-likeness (QED) is 0.869. The molecule has 5 nitrogen and oxygen atoms in total. The zero-order chi connectivity index (χ0) is 15.7. The van der Waals surface area contributed by atoms with Crippen LogP contribution in [0, 0.1) is 25.6 Å². The Bertz CT molecular complexity index is 604. The number of hydrogen-bond donors (Lipinski definition) is 2. The molecule has 112 valence electrons. The average Bonchev–Trinajstić information content (AvgIpc) is 2.24. The predicted molar refractivity (Wildman–Crippen MR) is 72.5 cm³/mol. The molecule has 0 fully saturated rings. The summed E-state index contributed by atoms with van der Waals surface area (Å²) in [5.74, 6) is -2.47. The molecular formula is C13H18FNO4S. The van der Waals surface area contributed by atoms with Crippen LogP contribution in [0.3, 0.4) is 0 Å². The first kappa shape index (κ1) is 16.6. The van der Waals surface area contributed by atoms with Gasteiger partial charge in [-0.15, -0.1) is 0 Å². The van der Waals surface area contributed by atoms with Crippen LogP contribution < -0.4 is 4.72 Å². The fourth-order valence-electron chi connectivity index (χ4n) is 1.94. The number of benzene rings is 1. The van der Waals surface area contributed by atoms with Crippen LogP contribution in [-0.4, -0.2) is 25.5 Å². The number of nitrogens with one attached hydrogen (secondary N) is 1. The number of halogens is 1. The van der Waals surface area contributed by atoms with Crippen molar-refractivity contribution in [1.82, 2.24) is 4.72 Å². The number of rotatable bonds is 5. The van der Waals surface area contributed by atoms with Crippen molar-refractivity contribution in [1.29, 1.82) is 0 Å². The predicted octanol–water partition coefficient (Wildman–Crippen LogP) is 1.83. The third kappa shape index (κ3) is 3.55. The highest BCUT2D eigenvalue weighted by Crippen LogP contribution is 2.22. The van der Waals surface area contributed by atoms with Gasteiger partial charge in [0, 0.05) is 6.04 Å². The van der Waals surface area contributed by atoms with Gasteiger partial charge in [-0.3, -0.25) is 4.79 Å². The van der Waals surface area contributed by atoms with Crippen molar-refractivity contribution in [3.8, 4) is 0 Å². The van der Waals surface area contributed by atoms with Crippen LogP contribution in [0.1, 0.15) is 25.0 Å². The van der Waals surface area contributed by atoms with Crippen molar-refractivity contribution < 1.29 is 22.7 Å². The van der Waals surface area contributed by atoms with Crippen molar-refractivity contribution in [2.45, 2.75) is 38.6 Å². The molecule has 0 spiro atoms. The first-order valence-electron chi connectivity index (χ1n) is 6.08. The standard InChI is InChI=1S/C13H18FNO4S/c1-7-5-11(14)6-8(2)12(7)20(18,19)15-10(4)9(3)13(16)17/h5-6,9-10,15H,1-4H3,(H,16,17). The Kier molecular flexibility index (Phi) is 4.88. The molecule has 0 aliphatic heterocycles. The molecule has 1 aromatic rings. The van der Waals surface area contributed by atoms with Gasteiger partial charge in [0.2, 0.25) is 10.0 Å². The first-order valence-corrected chi connectivity index (χ1v) is 7.56. The first-order chi connectivity index (χ1) is 9.06. The van der Waals surface area contributed by atoms with Crippen LogP contribution in [0.15, 0.2) is 17.0 Å². The second-order valence-corrected chi connectivity index (χ2v) is 6.56. The lowest BCUT2D eigenvalue weighted by atomic mass is 10.1. The molecule has 0 radical (unpaired) electrons. The van der Waals surface area contributed by atoms with E-state index in [4.69, 9.17) is 5.11 Å². The number of aryl methyl sites for hydroxylation is 2. The van der Waals surface area contributed by atoms with Crippen LogP contribution in [0.2, 0.25) is 0 Å². The molecule has 2 unspecified atom stereocenters. The molecular weight excluding hydrogens is 285 g/mol. The molecule has 0 saturated carbocycles. The number of hydrogen-bond acceptors (Lipinski definition) is 3. The van der Waals surface area contributed by atoms with Gasteiger partial charge in [-0.25, -0.2) is 17.5 Å². The van der Waals surface area contributed by atoms with Gasteiger partial charge >= 0.3 is 5.97 Å². The second-order valence-electron chi connectivity index (χ2n) is 4.91. The Morgan fingerprint density at radius 3 is 2.10 bits per heavy atom. The van der Waals surface area contributed by atoms with E-state index < -0.39 is 33.8 Å². The van der Waals surface area contributed by atoms with Crippen molar-refractivity contribution in [2.75, 3.05) is 0 Å². The van der Waals surface area contributed by atoms with E-state index >= 15 is 0 Å². The maximum atomic E-state index is 13.2. The summed E-state index contributed by atoms with van der Waals surface area (Å²) in [6.07, 6.45) is 0. The van der Waals surface area contributed by atoms with Crippen molar-refractivity contribution in [3.63, 3.8) is 0 Å². The summed E-state index contributed by atoms with van der Waals surface area (Å²) in [4.78, 5) is 10.8. The molecule has 7 heteroatoms. The number of sulfonamides is 1. The third-order valence-electron chi connectivity index (χ3n) is 3.17. The summed E-state index contributed by atoms with van der Waals surface area (Å²) in [6, 6.07) is 1.49. The topological polar surface area (TPSA) is 83.5 Å². The molecule has 0 bridgehead atoms. The Balaban J connectivity index is 3.16. The minimum Gasteiger partial charge on any atom is -0.481 e. The average molecular weight is 303 g/mol. The van der Waals surface area contributed by atoms with Gasteiger partial charge in [0.15, 0.2) is 0 Å². The molecule has 0 aromatic heterocycles. The van der Waals surface area contributed by atoms with Crippen molar-refractivity contribution in [2.24, 2.45) is 5.92 Å². The highest BCUT2D eigenvalue weighted by Gasteiger charge is 2.27. The van der Waals surface area contributed by atoms with E-state index in [0.717, 1.165) is 12.1 Å². The number of carbonyl (C=O) groups is 1. The number of carboxylic acids is 1. The monoisotopic (exact) mass is 303 g/mol. The highest BCUT2D eigenvalue weighted by molar-refractivity contribution is 7.89. The summed E-state index contributed by atoms with van der Waals surface area (Å²) >= 11 is 0. The minimum atomic E-state index is -3.90. The Morgan fingerprint density at radius 1 is 1.25 bits per heavy atom. The normalized spacial score (nSPS) is 14.8. The Morgan fingerprint density at radius 2 is 1.70 bits per heavy atom. The summed E-state index contributed by atoms with van der Waals surface area (Å²) in [7, 11) is -3.90. The maximum Gasteiger partial charge on any atom is 0.307 e. The van der Waals surface area contributed by atoms with Crippen molar-refractivity contribution in [3.05, 3.63) is 29.1 Å². The number of carboxylic acid groups (broad SMARTS) is 1. The molecule has 0 amide bonds. The van der Waals surface area contributed by atoms with Crippen molar-refractivity contribution >= 4 is 16.0 Å². The molecule has 0 aliphatic carbocycles. The van der Waals surface area contributed by atoms with Crippen LogP contribution in [-0.2, 0) is 14.8 Å². The largest absolute Gasteiger partial charge is 0.481 e. The van der Waals surface area contributed by atoms with Crippen LogP contribution in [0.4, 0.5) is 4.39 Å². The van der Waals surface area contributed by atoms with Gasteiger partial charge in [-0.1, -0.05) is 6.92 Å². The zero-order valence-electron chi connectivity index (χ0n) is 11.8. The Labute approximate surface area is 117 Å². The van der Waals surface area contributed by atoms with E-state index in [1.54, 1.807) is 0 Å². The third-order valence-corrected chi connectivity index (χ3v) is 5.04. The van der Waals surface area contributed by atoms with Gasteiger partial charge < -0.3 is 5.11 Å². The molecule has 1 aromatic carbocycles. The van der Waals surface area contributed by atoms with E-state index in [1.165, 1.54) is 27.7 Å². The molecule has 2 atom stereocenters. The smallest absolute Gasteiger partial charge is 0.307 e. The van der Waals surface area contributed by atoms with E-state index in [2.05, 4.69) is 4.72 Å². The molecule has 0 aliphatic rings. The molecule has 0 saturated heterocycles. The summed E-state index contributed by atoms with van der Waals surface area (Å²) < 4.78 is 40.1. The summed E-state index contributed by atoms with van der Waals surface area (Å²) in [5.41, 5.74) is 0.565. The highest BCUT2D eigenvalue weighted by atomic mass is 32.2. The van der Waals surface area contributed by atoms with Gasteiger partial charge in [-0.05, 0) is 44.0 Å². The van der Waals surface area contributed by atoms with Crippen LogP contribution in [0.25, 0.3) is 0 Å². The lowest BCUT2D eigenvalue weighted by Crippen LogP contribution is -2.40. The lowest BCUT2D eigenvalue weighted by molar-refractivity contribution is -0.141. The second kappa shape index (κ2) is 5.88. The van der Waals surface area contributed by atoms with E-state index in [0.29, 0.717) is 0 Å². The van der Waals surface area contributed by atoms with E-state index in [1.807, 2.05) is 0 Å². The summed E-state index contributed by atoms with van der Waals surface area (Å²) in [5, 5.41) is 8.88. The van der Waals surface area contributed by atoms with Crippen LogP contribution in [0.5, 0.6) is 0 Å². The van der Waals surface area contributed by atoms with Gasteiger partial charge in [0.25, 0.3) is 0 Å². The van der Waals surface area contributed by atoms with Crippen LogP contribution >= 0.6 is 0 Å². The number of aliphatic carboxylic acids is 1. The zero-order valence-corrected chi connectivity index (χ0v) is 12.6. The van der Waals surface area contributed by atoms with E-state index in [9.17, 15) is 17.6 Å². The molecule has 20 heavy (non-hydrogen) atoms. The molecule has 0 heterocycles. The lowest BCUT2D eigenvalue weighted by Gasteiger charge is -2.19. The summed E-state index contributed by atoms with van der Waals surface area (Å²) in [6.45, 7) is 5.89. The Hall–Kier alpha value is -1.47. The molecule has 2 N–H and O–H groups in total. The SMILES string of the molecule is Cc1cc(F)cc(C)c1S(=O)(=O)NC(C)C(C)C(=O)O.